The summed E-state index contributed by atoms with van der Waals surface area (Å²) in [5.41, 5.74) is 12.5. The Morgan fingerprint density at radius 3 is 2.44 bits per heavy atom. The second kappa shape index (κ2) is 18.4. The summed E-state index contributed by atoms with van der Waals surface area (Å²) in [5.74, 6) is 2.39. The summed E-state index contributed by atoms with van der Waals surface area (Å²) in [6.45, 7) is 11.6. The van der Waals surface area contributed by atoms with E-state index in [-0.39, 0.29) is 17.9 Å². The Balaban J connectivity index is 0.684. The van der Waals surface area contributed by atoms with Crippen LogP contribution < -0.4 is 20.7 Å². The zero-order valence-electron chi connectivity index (χ0n) is 34.7. The number of anilines is 2. The fraction of sp³-hybridized carbons (Fsp3) is 0.426. The second-order valence-corrected chi connectivity index (χ2v) is 16.7. The first-order chi connectivity index (χ1) is 29.9. The molecule has 0 aliphatic carbocycles. The predicted octanol–water partition coefficient (Wildman–Crippen LogP) is 6.59. The monoisotopic (exact) mass is 825 g/mol. The van der Waals surface area contributed by atoms with E-state index in [2.05, 4.69) is 43.8 Å². The average Bonchev–Trinajstić information content (AvgIpc) is 3.84. The highest BCUT2D eigenvalue weighted by atomic mass is 16.5. The topological polar surface area (TPSA) is 153 Å². The number of nitrogens with zero attached hydrogens (tertiary/aromatic N) is 7. The number of hydrogen-bond acceptors (Lipinski definition) is 11. The quantitative estimate of drug-likeness (QED) is 0.110. The highest BCUT2D eigenvalue weighted by molar-refractivity contribution is 6.02. The number of allylic oxidation sites excluding steroid dienone is 1. The van der Waals surface area contributed by atoms with Gasteiger partial charge in [0.05, 0.1) is 31.2 Å². The number of carbonyl (C=O) groups is 2. The number of piperidine rings is 3. The van der Waals surface area contributed by atoms with Crippen LogP contribution in [0.25, 0.3) is 22.3 Å². The van der Waals surface area contributed by atoms with Gasteiger partial charge in [0.15, 0.2) is 5.65 Å². The van der Waals surface area contributed by atoms with Gasteiger partial charge in [-0.3, -0.25) is 14.5 Å². The van der Waals surface area contributed by atoms with Crippen LogP contribution in [0.1, 0.15) is 66.9 Å². The Labute approximate surface area is 356 Å². The van der Waals surface area contributed by atoms with Gasteiger partial charge in [0.25, 0.3) is 5.91 Å². The zero-order valence-corrected chi connectivity index (χ0v) is 34.7. The molecule has 14 nitrogen and oxygen atoms in total. The van der Waals surface area contributed by atoms with Crippen molar-refractivity contribution in [2.75, 3.05) is 69.8 Å². The first-order valence-corrected chi connectivity index (χ1v) is 21.8. The molecule has 3 saturated heterocycles. The van der Waals surface area contributed by atoms with Gasteiger partial charge < -0.3 is 35.1 Å². The summed E-state index contributed by atoms with van der Waals surface area (Å²) in [6, 6.07) is 23.5. The largest absolute Gasteiger partial charge is 0.457 e. The molecule has 3 N–H and O–H groups in total. The highest BCUT2D eigenvalue weighted by Gasteiger charge is 2.38. The minimum absolute atomic E-state index is 0.0550. The molecule has 61 heavy (non-hydrogen) atoms. The molecule has 4 aliphatic heterocycles. The van der Waals surface area contributed by atoms with Crippen LogP contribution in [0.2, 0.25) is 0 Å². The summed E-state index contributed by atoms with van der Waals surface area (Å²) < 4.78 is 20.1. The molecule has 0 bridgehead atoms. The minimum Gasteiger partial charge on any atom is -0.457 e. The van der Waals surface area contributed by atoms with Crippen LogP contribution in [0, 0.1) is 5.92 Å². The molecular formula is C47H55N9O5. The summed E-state index contributed by atoms with van der Waals surface area (Å²) in [6.07, 6.45) is 8.16. The number of likely N-dealkylation sites (tertiary alicyclic amines) is 1. The molecule has 318 valence electrons. The molecule has 6 heterocycles. The van der Waals surface area contributed by atoms with Gasteiger partial charge in [-0.15, -0.1) is 0 Å². The lowest BCUT2D eigenvalue weighted by Gasteiger charge is -2.34. The van der Waals surface area contributed by atoms with Crippen molar-refractivity contribution in [1.82, 2.24) is 34.9 Å². The van der Waals surface area contributed by atoms with E-state index < -0.39 is 6.04 Å². The van der Waals surface area contributed by atoms with Crippen molar-refractivity contribution in [1.29, 1.82) is 0 Å². The highest BCUT2D eigenvalue weighted by Crippen LogP contribution is 2.36. The van der Waals surface area contributed by atoms with Gasteiger partial charge in [0.2, 0.25) is 5.91 Å². The van der Waals surface area contributed by atoms with Crippen LogP contribution in [0.15, 0.2) is 91.4 Å². The van der Waals surface area contributed by atoms with Crippen molar-refractivity contribution in [2.45, 2.75) is 63.6 Å². The van der Waals surface area contributed by atoms with Gasteiger partial charge in [-0.1, -0.05) is 24.8 Å². The first-order valence-electron chi connectivity index (χ1n) is 21.8. The third kappa shape index (κ3) is 9.12. The number of para-hydroxylation sites is 1. The van der Waals surface area contributed by atoms with Crippen molar-refractivity contribution in [3.05, 3.63) is 103 Å². The normalized spacial score (nSPS) is 20.0. The van der Waals surface area contributed by atoms with E-state index in [1.54, 1.807) is 4.90 Å². The van der Waals surface area contributed by atoms with E-state index in [0.29, 0.717) is 56.5 Å². The molecule has 14 heteroatoms. The maximum atomic E-state index is 13.2. The number of amides is 2. The number of nitrogens with two attached hydrogens (primary N) is 1. The number of hydrogen-bond donors (Lipinski definition) is 2. The van der Waals surface area contributed by atoms with E-state index >= 15 is 0 Å². The maximum absolute atomic E-state index is 13.2. The van der Waals surface area contributed by atoms with Crippen LogP contribution >= 0.6 is 0 Å². The molecule has 0 spiro atoms. The summed E-state index contributed by atoms with van der Waals surface area (Å²) >= 11 is 0. The molecule has 5 aromatic rings. The number of nitrogen functional groups attached to an aromatic ring is 1. The molecule has 9 rings (SSSR count). The first kappa shape index (κ1) is 40.6. The Bertz CT molecular complexity index is 2340. The van der Waals surface area contributed by atoms with E-state index in [1.165, 1.54) is 6.33 Å². The van der Waals surface area contributed by atoms with E-state index in [1.807, 2.05) is 65.3 Å². The van der Waals surface area contributed by atoms with E-state index in [4.69, 9.17) is 25.0 Å². The van der Waals surface area contributed by atoms with E-state index in [9.17, 15) is 9.59 Å². The van der Waals surface area contributed by atoms with Crippen molar-refractivity contribution < 1.29 is 23.8 Å². The lowest BCUT2D eigenvalue weighted by atomic mass is 9.93. The van der Waals surface area contributed by atoms with Gasteiger partial charge in [0, 0.05) is 61.8 Å². The SMILES string of the molecule is C=C1CCC(N2Cc3cc(N4CCC(CCOCCOCCN5CCCC(n6nc(-c7ccc(Oc8ccccc8)cc7)c7c(N)ncnc76)C5)CC4)ccc3C2=O)C(=O)N1. The minimum atomic E-state index is -0.437. The van der Waals surface area contributed by atoms with Gasteiger partial charge in [-0.05, 0) is 118 Å². The van der Waals surface area contributed by atoms with Gasteiger partial charge in [-0.2, -0.15) is 5.10 Å². The van der Waals surface area contributed by atoms with E-state index in [0.717, 1.165) is 122 Å². The Kier molecular flexibility index (Phi) is 12.3. The Hall–Kier alpha value is -5.83. The number of ether oxygens (including phenoxy) is 3. The smallest absolute Gasteiger partial charge is 0.255 e. The predicted molar refractivity (Wildman–Crippen MR) is 234 cm³/mol. The van der Waals surface area contributed by atoms with Crippen LogP contribution in [0.3, 0.4) is 0 Å². The molecule has 2 aromatic heterocycles. The molecule has 2 atom stereocenters. The third-order valence-electron chi connectivity index (χ3n) is 12.6. The number of carbonyl (C=O) groups excluding carboxylic acids is 2. The molecule has 3 aromatic carbocycles. The molecule has 2 amide bonds. The average molecular weight is 826 g/mol. The number of rotatable bonds is 15. The van der Waals surface area contributed by atoms with Crippen LogP contribution in [-0.2, 0) is 20.8 Å². The maximum Gasteiger partial charge on any atom is 0.255 e. The van der Waals surface area contributed by atoms with Crippen LogP contribution in [0.4, 0.5) is 11.5 Å². The number of benzene rings is 3. The number of aromatic nitrogens is 4. The Morgan fingerprint density at radius 1 is 0.852 bits per heavy atom. The number of fused-ring (bicyclic) bond motifs is 2. The molecular weight excluding hydrogens is 771 g/mol. The molecule has 0 radical (unpaired) electrons. The summed E-state index contributed by atoms with van der Waals surface area (Å²) in [5, 5.41) is 8.70. The fourth-order valence-corrected chi connectivity index (χ4v) is 9.27. The van der Waals surface area contributed by atoms with Crippen molar-refractivity contribution >= 4 is 34.4 Å². The van der Waals surface area contributed by atoms with Crippen molar-refractivity contribution in [3.63, 3.8) is 0 Å². The summed E-state index contributed by atoms with van der Waals surface area (Å²) in [4.78, 5) is 41.3. The lowest BCUT2D eigenvalue weighted by Crippen LogP contribution is -2.49. The molecule has 0 saturated carbocycles. The molecule has 2 unspecified atom stereocenters. The van der Waals surface area contributed by atoms with Crippen LogP contribution in [-0.4, -0.2) is 107 Å². The van der Waals surface area contributed by atoms with Crippen molar-refractivity contribution in [3.8, 4) is 22.8 Å². The lowest BCUT2D eigenvalue weighted by molar-refractivity contribution is -0.126. The number of nitrogens with one attached hydrogen (secondary N) is 1. The summed E-state index contributed by atoms with van der Waals surface area (Å²) in [7, 11) is 0. The van der Waals surface area contributed by atoms with Crippen molar-refractivity contribution in [2.24, 2.45) is 5.92 Å². The van der Waals surface area contributed by atoms with Gasteiger partial charge in [-0.25, -0.2) is 14.6 Å². The molecule has 3 fully saturated rings. The third-order valence-corrected chi connectivity index (χ3v) is 12.6. The van der Waals surface area contributed by atoms with Gasteiger partial charge in [0.1, 0.15) is 35.4 Å². The van der Waals surface area contributed by atoms with Crippen LogP contribution in [0.5, 0.6) is 11.5 Å². The second-order valence-electron chi connectivity index (χ2n) is 16.7. The zero-order chi connectivity index (χ0) is 41.7. The fourth-order valence-electron chi connectivity index (χ4n) is 9.27. The Morgan fingerprint density at radius 2 is 1.64 bits per heavy atom. The molecule has 4 aliphatic rings. The van der Waals surface area contributed by atoms with Gasteiger partial charge >= 0.3 is 0 Å². The standard InChI is InChI=1S/C47H55N9O5/c1-32-9-16-41(46(57)51-32)55-29-35-28-36(12-15-40(35)47(55)58)54-21-17-33(18-22-54)19-24-59-26-27-60-25-23-53-20-5-6-37(30-53)56-45-42(44(48)49-31-50-45)43(52-56)34-10-13-39(14-11-34)61-38-7-3-2-4-8-38/h2-4,7-8,10-15,28,31,33,37,41H,1,5-6,9,16-27,29-30H2,(H,51,57)(H2,48,49,50).